The van der Waals surface area contributed by atoms with Crippen molar-refractivity contribution in [3.8, 4) is 11.8 Å². The SMILES string of the molecule is C/C=C1\C(=NC(C)CC)C(c2cc(O)cc3ccc(F)c(CC)c23)=C(C)c2nc(OC)nc(N3CCCC(O)C3)c21.CC1CCCN1. The molecule has 0 amide bonds. The fourth-order valence-corrected chi connectivity index (χ4v) is 6.92. The van der Waals surface area contributed by atoms with Crippen LogP contribution in [0.15, 0.2) is 35.3 Å². The molecule has 0 bridgehead atoms. The van der Waals surface area contributed by atoms with E-state index < -0.39 is 6.10 Å². The summed E-state index contributed by atoms with van der Waals surface area (Å²) in [5.74, 6) is 0.526. The van der Waals surface area contributed by atoms with Crippen LogP contribution in [0, 0.1) is 5.82 Å². The second-order valence-corrected chi connectivity index (χ2v) is 12.9. The van der Waals surface area contributed by atoms with E-state index >= 15 is 4.39 Å². The van der Waals surface area contributed by atoms with Gasteiger partial charge in [-0.25, -0.2) is 4.39 Å². The third-order valence-electron chi connectivity index (χ3n) is 9.55. The van der Waals surface area contributed by atoms with Crippen molar-refractivity contribution in [2.45, 2.75) is 98.3 Å². The molecule has 3 atom stereocenters. The minimum Gasteiger partial charge on any atom is -0.508 e. The summed E-state index contributed by atoms with van der Waals surface area (Å²) in [6.07, 6.45) is 7.26. The molecule has 1 aromatic heterocycles. The van der Waals surface area contributed by atoms with E-state index in [4.69, 9.17) is 19.7 Å². The van der Waals surface area contributed by atoms with Gasteiger partial charge >= 0.3 is 6.01 Å². The van der Waals surface area contributed by atoms with Crippen LogP contribution >= 0.6 is 0 Å². The molecule has 2 saturated heterocycles. The number of aliphatic imine (C=N–C) groups is 1. The van der Waals surface area contributed by atoms with Crippen LogP contribution in [-0.4, -0.2) is 70.8 Å². The summed E-state index contributed by atoms with van der Waals surface area (Å²) >= 11 is 0. The van der Waals surface area contributed by atoms with Gasteiger partial charge in [0.05, 0.1) is 30.2 Å². The van der Waals surface area contributed by atoms with Crippen LogP contribution in [0.1, 0.15) is 96.0 Å². The molecular formula is C38H50FN5O3. The number of nitrogens with zero attached hydrogens (tertiary/aromatic N) is 4. The van der Waals surface area contributed by atoms with Gasteiger partial charge in [0, 0.05) is 36.3 Å². The van der Waals surface area contributed by atoms with Crippen LogP contribution < -0.4 is 15.0 Å². The Morgan fingerprint density at radius 2 is 1.98 bits per heavy atom. The highest BCUT2D eigenvalue weighted by atomic mass is 19.1. The lowest BCUT2D eigenvalue weighted by Gasteiger charge is -2.35. The number of methoxy groups -OCH3 is 1. The van der Waals surface area contributed by atoms with Crippen molar-refractivity contribution >= 4 is 39.0 Å². The highest BCUT2D eigenvalue weighted by Crippen LogP contribution is 2.47. The van der Waals surface area contributed by atoms with E-state index in [1.54, 1.807) is 25.3 Å². The Morgan fingerprint density at radius 1 is 1.19 bits per heavy atom. The maximum Gasteiger partial charge on any atom is 0.318 e. The molecule has 3 N–H and O–H groups in total. The number of hydrogen-bond donors (Lipinski definition) is 3. The quantitative estimate of drug-likeness (QED) is 0.258. The van der Waals surface area contributed by atoms with Crippen molar-refractivity contribution in [2.75, 3.05) is 31.6 Å². The monoisotopic (exact) mass is 643 g/mol. The van der Waals surface area contributed by atoms with Crippen LogP contribution in [0.2, 0.25) is 0 Å². The van der Waals surface area contributed by atoms with Crippen LogP contribution in [-0.2, 0) is 6.42 Å². The summed E-state index contributed by atoms with van der Waals surface area (Å²) in [6, 6.07) is 7.61. The maximum atomic E-state index is 15.2. The second-order valence-electron chi connectivity index (χ2n) is 12.9. The number of fused-ring (bicyclic) bond motifs is 2. The number of nitrogens with one attached hydrogen (secondary N) is 1. The minimum absolute atomic E-state index is 0.00896. The Hall–Kier alpha value is -3.82. The van der Waals surface area contributed by atoms with E-state index in [2.05, 4.69) is 31.0 Å². The number of aliphatic hydroxyl groups is 1. The number of rotatable bonds is 6. The standard InChI is InChI=1S/C33H39FN4O3.C5H11N/c1-7-18(4)35-31-24(9-3)29-30(36-33(41-6)37-32(29)38-14-10-11-21(39)17-38)19(5)27(31)25-16-22(40)15-20-12-13-26(34)23(8-2)28(20)25;1-5-3-2-4-6-5/h9,12-13,15-16,18,21,39-40H,7-8,10-11,14,17H2,1-6H3;5-6H,2-4H2,1H3/b24-9-,35-31?;. The number of benzene rings is 2. The molecule has 0 radical (unpaired) electrons. The molecule has 2 fully saturated rings. The molecule has 8 nitrogen and oxygen atoms in total. The van der Waals surface area contributed by atoms with Gasteiger partial charge in [-0.15, -0.1) is 0 Å². The molecular weight excluding hydrogens is 593 g/mol. The van der Waals surface area contributed by atoms with Crippen molar-refractivity contribution in [3.63, 3.8) is 0 Å². The molecule has 2 aromatic carbocycles. The van der Waals surface area contributed by atoms with Gasteiger partial charge in [-0.1, -0.05) is 26.0 Å². The third kappa shape index (κ3) is 7.06. The highest BCUT2D eigenvalue weighted by molar-refractivity contribution is 6.51. The number of allylic oxidation sites excluding steroid dienone is 4. The lowest BCUT2D eigenvalue weighted by molar-refractivity contribution is 0.153. The Morgan fingerprint density at radius 3 is 2.57 bits per heavy atom. The molecule has 3 unspecified atom stereocenters. The molecule has 252 valence electrons. The molecule has 1 aliphatic carbocycles. The molecule has 6 rings (SSSR count). The number of β-amino-alcohol motifs (C(OH)–C–C–N with tert-alkyl or cyclic N) is 1. The van der Waals surface area contributed by atoms with E-state index in [0.717, 1.165) is 70.6 Å². The number of anilines is 1. The molecule has 3 aliphatic rings. The summed E-state index contributed by atoms with van der Waals surface area (Å²) in [4.78, 5) is 17.0. The topological polar surface area (TPSA) is 103 Å². The van der Waals surface area contributed by atoms with Crippen LogP contribution in [0.4, 0.5) is 10.2 Å². The van der Waals surface area contributed by atoms with Crippen LogP contribution in [0.3, 0.4) is 0 Å². The van der Waals surface area contributed by atoms with Gasteiger partial charge < -0.3 is 25.2 Å². The zero-order valence-electron chi connectivity index (χ0n) is 29.0. The lowest BCUT2D eigenvalue weighted by Crippen LogP contribution is -2.39. The van der Waals surface area contributed by atoms with Gasteiger partial charge in [0.2, 0.25) is 0 Å². The summed E-state index contributed by atoms with van der Waals surface area (Å²) in [7, 11) is 1.55. The van der Waals surface area contributed by atoms with E-state index in [0.29, 0.717) is 35.6 Å². The lowest BCUT2D eigenvalue weighted by atomic mass is 9.78. The Labute approximate surface area is 278 Å². The molecule has 3 aromatic rings. The van der Waals surface area contributed by atoms with Gasteiger partial charge in [0.25, 0.3) is 0 Å². The number of hydrogen-bond acceptors (Lipinski definition) is 8. The second kappa shape index (κ2) is 14.9. The number of aromatic nitrogens is 2. The summed E-state index contributed by atoms with van der Waals surface area (Å²) in [5.41, 5.74) is 6.12. The van der Waals surface area contributed by atoms with Crippen molar-refractivity contribution in [2.24, 2.45) is 4.99 Å². The minimum atomic E-state index is -0.445. The fraction of sp³-hybridized carbons (Fsp3) is 0.500. The smallest absolute Gasteiger partial charge is 0.318 e. The van der Waals surface area contributed by atoms with E-state index in [9.17, 15) is 10.2 Å². The normalized spacial score (nSPS) is 22.0. The van der Waals surface area contributed by atoms with E-state index in [1.807, 2.05) is 26.8 Å². The van der Waals surface area contributed by atoms with Crippen molar-refractivity contribution in [1.29, 1.82) is 0 Å². The van der Waals surface area contributed by atoms with E-state index in [1.165, 1.54) is 25.5 Å². The van der Waals surface area contributed by atoms with Gasteiger partial charge in [-0.3, -0.25) is 4.99 Å². The zero-order chi connectivity index (χ0) is 33.8. The van der Waals surface area contributed by atoms with Gasteiger partial charge in [0.1, 0.15) is 17.4 Å². The first-order valence-corrected chi connectivity index (χ1v) is 17.1. The summed E-state index contributed by atoms with van der Waals surface area (Å²) in [5, 5.41) is 26.2. The van der Waals surface area contributed by atoms with Gasteiger partial charge in [0.15, 0.2) is 0 Å². The number of halogens is 1. The van der Waals surface area contributed by atoms with Gasteiger partial charge in [-0.05, 0) is 118 Å². The Balaban J connectivity index is 0.000000650. The Bertz CT molecular complexity index is 1710. The van der Waals surface area contributed by atoms with Gasteiger partial charge in [-0.2, -0.15) is 9.97 Å². The average molecular weight is 644 g/mol. The highest BCUT2D eigenvalue weighted by Gasteiger charge is 2.35. The number of aliphatic hydroxyl groups excluding tert-OH is 1. The number of ether oxygens (including phenoxy) is 1. The summed E-state index contributed by atoms with van der Waals surface area (Å²) < 4.78 is 20.8. The van der Waals surface area contributed by atoms with Crippen molar-refractivity contribution in [3.05, 3.63) is 58.5 Å². The number of aromatic hydroxyl groups is 1. The van der Waals surface area contributed by atoms with Crippen molar-refractivity contribution < 1.29 is 19.3 Å². The number of phenolic OH excluding ortho intramolecular Hbond substituents is 1. The predicted octanol–water partition coefficient (Wildman–Crippen LogP) is 7.35. The molecule has 0 saturated carbocycles. The van der Waals surface area contributed by atoms with Crippen molar-refractivity contribution in [1.82, 2.24) is 15.3 Å². The predicted molar refractivity (Wildman–Crippen MR) is 191 cm³/mol. The number of piperidine rings is 1. The first-order valence-electron chi connectivity index (χ1n) is 17.1. The Kier molecular flexibility index (Phi) is 11.0. The largest absolute Gasteiger partial charge is 0.508 e. The molecule has 3 heterocycles. The molecule has 47 heavy (non-hydrogen) atoms. The molecule has 9 heteroatoms. The van der Waals surface area contributed by atoms with E-state index in [-0.39, 0.29) is 23.6 Å². The first-order chi connectivity index (χ1) is 22.6. The zero-order valence-corrected chi connectivity index (χ0v) is 29.0. The molecule has 0 spiro atoms. The summed E-state index contributed by atoms with van der Waals surface area (Å²) in [6.45, 7) is 14.8. The number of phenols is 1. The van der Waals surface area contributed by atoms with Crippen LogP contribution in [0.5, 0.6) is 11.8 Å². The van der Waals surface area contributed by atoms with Crippen LogP contribution in [0.25, 0.3) is 27.5 Å². The fourth-order valence-electron chi connectivity index (χ4n) is 6.92. The maximum absolute atomic E-state index is 15.2. The number of aryl methyl sites for hydroxylation is 1. The average Bonchev–Trinajstić information content (AvgIpc) is 3.55. The molecule has 2 aliphatic heterocycles. The first kappa shape index (κ1) is 34.5. The third-order valence-corrected chi connectivity index (χ3v) is 9.55.